The second kappa shape index (κ2) is 6.25. The molecule has 25 heavy (non-hydrogen) atoms. The molecule has 0 radical (unpaired) electrons. The number of benzene rings is 2. The molecule has 0 bridgehead atoms. The van der Waals surface area contributed by atoms with E-state index in [0.717, 1.165) is 22.1 Å². The third-order valence-corrected chi connectivity index (χ3v) is 4.82. The topological polar surface area (TPSA) is 60.7 Å². The van der Waals surface area contributed by atoms with Gasteiger partial charge in [-0.3, -0.25) is 4.79 Å². The van der Waals surface area contributed by atoms with Crippen molar-refractivity contribution in [1.82, 2.24) is 19.7 Å². The van der Waals surface area contributed by atoms with Crippen LogP contribution in [-0.4, -0.2) is 31.3 Å². The molecule has 0 aliphatic carbocycles. The summed E-state index contributed by atoms with van der Waals surface area (Å²) in [6.07, 6.45) is 0. The van der Waals surface area contributed by atoms with E-state index in [-0.39, 0.29) is 17.4 Å². The lowest BCUT2D eigenvalue weighted by Crippen LogP contribution is -2.04. The van der Waals surface area contributed by atoms with E-state index < -0.39 is 0 Å². The van der Waals surface area contributed by atoms with Crippen molar-refractivity contribution < 1.29 is 9.18 Å². The lowest BCUT2D eigenvalue weighted by Gasteiger charge is -2.01. The van der Waals surface area contributed by atoms with Gasteiger partial charge in [0.15, 0.2) is 11.4 Å². The van der Waals surface area contributed by atoms with Crippen molar-refractivity contribution in [2.24, 2.45) is 7.05 Å². The fraction of sp³-hybridized carbons (Fsp3) is 0.111. The van der Waals surface area contributed by atoms with Crippen molar-refractivity contribution >= 4 is 39.6 Å². The van der Waals surface area contributed by atoms with Crippen molar-refractivity contribution in [3.8, 4) is 0 Å². The fourth-order valence-corrected chi connectivity index (χ4v) is 3.38. The Morgan fingerprint density at radius 1 is 1.12 bits per heavy atom. The van der Waals surface area contributed by atoms with Crippen molar-refractivity contribution in [3.63, 3.8) is 0 Å². The Bertz CT molecular complexity index is 1090. The summed E-state index contributed by atoms with van der Waals surface area (Å²) in [5.74, 6) is -0.299. The smallest absolute Gasteiger partial charge is 0.211 e. The Labute approximate surface area is 146 Å². The number of fused-ring (bicyclic) bond motifs is 3. The Morgan fingerprint density at radius 2 is 1.88 bits per heavy atom. The minimum atomic E-state index is -0.363. The van der Waals surface area contributed by atoms with E-state index >= 15 is 0 Å². The van der Waals surface area contributed by atoms with E-state index in [1.54, 1.807) is 0 Å². The molecular weight excluding hydrogens is 339 g/mol. The summed E-state index contributed by atoms with van der Waals surface area (Å²) in [5.41, 5.74) is 2.97. The summed E-state index contributed by atoms with van der Waals surface area (Å²) in [5, 5.41) is 9.84. The molecule has 0 saturated carbocycles. The second-order valence-electron chi connectivity index (χ2n) is 5.56. The van der Waals surface area contributed by atoms with E-state index in [1.807, 2.05) is 35.9 Å². The van der Waals surface area contributed by atoms with Crippen LogP contribution >= 0.6 is 11.8 Å². The fourth-order valence-electron chi connectivity index (χ4n) is 2.70. The summed E-state index contributed by atoms with van der Waals surface area (Å²) in [4.78, 5) is 16.7. The van der Waals surface area contributed by atoms with Gasteiger partial charge in [0, 0.05) is 18.0 Å². The maximum absolute atomic E-state index is 12.9. The van der Waals surface area contributed by atoms with E-state index in [2.05, 4.69) is 15.2 Å². The molecule has 2 aromatic carbocycles. The molecule has 4 rings (SSSR count). The van der Waals surface area contributed by atoms with Crippen LogP contribution in [0.5, 0.6) is 0 Å². The maximum atomic E-state index is 12.9. The van der Waals surface area contributed by atoms with Crippen LogP contribution in [0.4, 0.5) is 4.39 Å². The molecule has 7 heteroatoms. The molecule has 0 N–H and O–H groups in total. The Hall–Kier alpha value is -2.80. The van der Waals surface area contributed by atoms with Crippen molar-refractivity contribution in [2.45, 2.75) is 5.16 Å². The van der Waals surface area contributed by atoms with Gasteiger partial charge in [0.05, 0.1) is 11.3 Å². The Morgan fingerprint density at radius 3 is 2.68 bits per heavy atom. The van der Waals surface area contributed by atoms with Crippen LogP contribution in [-0.2, 0) is 7.05 Å². The Kier molecular flexibility index (Phi) is 3.93. The van der Waals surface area contributed by atoms with Gasteiger partial charge in [-0.05, 0) is 30.3 Å². The van der Waals surface area contributed by atoms with Crippen LogP contribution < -0.4 is 0 Å². The number of carbonyl (C=O) groups excluding carboxylic acids is 1. The summed E-state index contributed by atoms with van der Waals surface area (Å²) in [7, 11) is 1.93. The monoisotopic (exact) mass is 352 g/mol. The second-order valence-corrected chi connectivity index (χ2v) is 6.50. The molecule has 0 aliphatic heterocycles. The molecule has 0 saturated heterocycles. The number of halogens is 1. The zero-order valence-electron chi connectivity index (χ0n) is 13.3. The van der Waals surface area contributed by atoms with Gasteiger partial charge in [0.1, 0.15) is 11.3 Å². The normalized spacial score (nSPS) is 11.3. The molecule has 0 amide bonds. The Balaban J connectivity index is 1.60. The van der Waals surface area contributed by atoms with Crippen LogP contribution in [0.2, 0.25) is 0 Å². The molecule has 0 fully saturated rings. The first-order valence-electron chi connectivity index (χ1n) is 7.63. The number of aromatic nitrogens is 4. The third kappa shape index (κ3) is 2.87. The van der Waals surface area contributed by atoms with Crippen molar-refractivity contribution in [3.05, 3.63) is 59.9 Å². The van der Waals surface area contributed by atoms with Crippen molar-refractivity contribution in [2.75, 3.05) is 5.75 Å². The van der Waals surface area contributed by atoms with Gasteiger partial charge >= 0.3 is 0 Å². The number of hydrogen-bond donors (Lipinski definition) is 0. The number of Topliss-reactive ketones (excluding diaryl/α,β-unsaturated/α-hetero) is 1. The lowest BCUT2D eigenvalue weighted by molar-refractivity contribution is 0.102. The van der Waals surface area contributed by atoms with Crippen molar-refractivity contribution in [1.29, 1.82) is 0 Å². The molecule has 0 unspecified atom stereocenters. The number of carbonyl (C=O) groups is 1. The highest BCUT2D eigenvalue weighted by molar-refractivity contribution is 7.99. The van der Waals surface area contributed by atoms with Crippen LogP contribution in [0.15, 0.2) is 53.7 Å². The average molecular weight is 352 g/mol. The van der Waals surface area contributed by atoms with Gasteiger partial charge in [-0.2, -0.15) is 0 Å². The van der Waals surface area contributed by atoms with E-state index in [9.17, 15) is 9.18 Å². The lowest BCUT2D eigenvalue weighted by atomic mass is 10.1. The zero-order chi connectivity index (χ0) is 17.4. The number of para-hydroxylation sites is 1. The molecule has 5 nitrogen and oxygen atoms in total. The van der Waals surface area contributed by atoms with E-state index in [1.165, 1.54) is 36.0 Å². The van der Waals surface area contributed by atoms with Gasteiger partial charge in [0.25, 0.3) is 0 Å². The highest BCUT2D eigenvalue weighted by Gasteiger charge is 2.14. The summed E-state index contributed by atoms with van der Waals surface area (Å²) < 4.78 is 14.9. The highest BCUT2D eigenvalue weighted by Crippen LogP contribution is 2.26. The number of ketones is 1. The minimum Gasteiger partial charge on any atom is -0.327 e. The van der Waals surface area contributed by atoms with Crippen LogP contribution in [0, 0.1) is 5.82 Å². The summed E-state index contributed by atoms with van der Waals surface area (Å²) in [6, 6.07) is 13.4. The van der Waals surface area contributed by atoms with Gasteiger partial charge in [-0.15, -0.1) is 10.2 Å². The zero-order valence-corrected chi connectivity index (χ0v) is 14.1. The molecule has 2 aromatic heterocycles. The SMILES string of the molecule is Cn1c2ccccc2c2nnc(SCC(=O)c3ccc(F)cc3)nc21. The predicted octanol–water partition coefficient (Wildman–Crippen LogP) is 3.63. The quantitative estimate of drug-likeness (QED) is 0.415. The van der Waals surface area contributed by atoms with Crippen LogP contribution in [0.1, 0.15) is 10.4 Å². The van der Waals surface area contributed by atoms with Crippen LogP contribution in [0.25, 0.3) is 22.1 Å². The maximum Gasteiger partial charge on any atom is 0.211 e. The summed E-state index contributed by atoms with van der Waals surface area (Å²) in [6.45, 7) is 0. The number of hydrogen-bond acceptors (Lipinski definition) is 5. The van der Waals surface area contributed by atoms with Gasteiger partial charge in [-0.25, -0.2) is 9.37 Å². The molecule has 0 aliphatic rings. The molecule has 2 heterocycles. The molecule has 124 valence electrons. The van der Waals surface area contributed by atoms with Gasteiger partial charge in [0.2, 0.25) is 5.16 Å². The predicted molar refractivity (Wildman–Crippen MR) is 95.3 cm³/mol. The van der Waals surface area contributed by atoms with E-state index in [0.29, 0.717) is 10.7 Å². The molecule has 0 atom stereocenters. The first-order valence-corrected chi connectivity index (χ1v) is 8.61. The number of nitrogens with zero attached hydrogens (tertiary/aromatic N) is 4. The van der Waals surface area contributed by atoms with Gasteiger partial charge in [-0.1, -0.05) is 30.0 Å². The first kappa shape index (κ1) is 15.7. The minimum absolute atomic E-state index is 0.106. The number of rotatable bonds is 4. The first-order chi connectivity index (χ1) is 12.1. The standard InChI is InChI=1S/C18H13FN4OS/c1-23-14-5-3-2-4-13(14)16-17(23)20-18(22-21-16)25-10-15(24)11-6-8-12(19)9-7-11/h2-9H,10H2,1H3. The van der Waals surface area contributed by atoms with Gasteiger partial charge < -0.3 is 4.57 Å². The number of aryl methyl sites for hydroxylation is 1. The average Bonchev–Trinajstić information content (AvgIpc) is 2.93. The largest absolute Gasteiger partial charge is 0.327 e. The number of thioether (sulfide) groups is 1. The van der Waals surface area contributed by atoms with E-state index in [4.69, 9.17) is 0 Å². The molecule has 4 aromatic rings. The molecule has 0 spiro atoms. The highest BCUT2D eigenvalue weighted by atomic mass is 32.2. The van der Waals surface area contributed by atoms with Crippen LogP contribution in [0.3, 0.4) is 0 Å². The third-order valence-electron chi connectivity index (χ3n) is 3.99. The summed E-state index contributed by atoms with van der Waals surface area (Å²) >= 11 is 1.22. The molecular formula is C18H13FN4OS.